The van der Waals surface area contributed by atoms with E-state index in [-0.39, 0.29) is 42.4 Å². The molecule has 0 aliphatic carbocycles. The number of carbonyl (C=O) groups is 1. The lowest BCUT2D eigenvalue weighted by molar-refractivity contribution is -0.143. The number of esters is 1. The van der Waals surface area contributed by atoms with E-state index in [9.17, 15) is 18.0 Å². The Hall–Kier alpha value is -0.780. The lowest BCUT2D eigenvalue weighted by Crippen LogP contribution is -2.45. The highest BCUT2D eigenvalue weighted by molar-refractivity contribution is 14.0. The van der Waals surface area contributed by atoms with E-state index in [0.29, 0.717) is 32.0 Å². The van der Waals surface area contributed by atoms with Gasteiger partial charge in [-0.3, -0.25) is 14.7 Å². The molecule has 1 rings (SSSR count). The maximum atomic E-state index is 12.3. The number of rotatable bonds is 5. The van der Waals surface area contributed by atoms with E-state index in [1.54, 1.807) is 7.05 Å². The fourth-order valence-electron chi connectivity index (χ4n) is 2.12. The van der Waals surface area contributed by atoms with Gasteiger partial charge in [0.2, 0.25) is 0 Å². The number of methoxy groups -OCH3 is 1. The number of halogens is 4. The molecule has 1 heterocycles. The fraction of sp³-hybridized carbons (Fsp3) is 0.833. The summed E-state index contributed by atoms with van der Waals surface area (Å²) in [6.07, 6.45) is -3.36. The fourth-order valence-corrected chi connectivity index (χ4v) is 2.12. The van der Waals surface area contributed by atoms with Crippen molar-refractivity contribution in [2.45, 2.75) is 25.1 Å². The number of guanidine groups is 1. The van der Waals surface area contributed by atoms with Crippen LogP contribution >= 0.6 is 24.0 Å². The molecule has 2 N–H and O–H groups in total. The first-order valence-corrected chi connectivity index (χ1v) is 6.67. The Balaban J connectivity index is 0.00000441. The van der Waals surface area contributed by atoms with Crippen molar-refractivity contribution in [2.24, 2.45) is 4.99 Å². The van der Waals surface area contributed by atoms with Gasteiger partial charge in [0.05, 0.1) is 20.1 Å². The zero-order valence-corrected chi connectivity index (χ0v) is 14.9. The van der Waals surface area contributed by atoms with Gasteiger partial charge in [0.1, 0.15) is 0 Å². The van der Waals surface area contributed by atoms with Crippen LogP contribution in [-0.2, 0) is 9.53 Å². The Morgan fingerprint density at radius 2 is 2.14 bits per heavy atom. The maximum absolute atomic E-state index is 12.3. The maximum Gasteiger partial charge on any atom is 0.401 e. The summed E-state index contributed by atoms with van der Waals surface area (Å²) in [6.45, 7) is 0.179. The number of likely N-dealkylation sites (tertiary alicyclic amines) is 1. The van der Waals surface area contributed by atoms with Gasteiger partial charge in [0.15, 0.2) is 5.96 Å². The van der Waals surface area contributed by atoms with E-state index in [1.807, 2.05) is 0 Å². The molecule has 1 fully saturated rings. The highest BCUT2D eigenvalue weighted by atomic mass is 127. The number of aliphatic imine (C=N–C) groups is 1. The topological polar surface area (TPSA) is 66.0 Å². The van der Waals surface area contributed by atoms with Crippen LogP contribution in [0.5, 0.6) is 0 Å². The van der Waals surface area contributed by atoms with Crippen molar-refractivity contribution in [2.75, 3.05) is 40.3 Å². The van der Waals surface area contributed by atoms with Crippen molar-refractivity contribution in [1.82, 2.24) is 15.5 Å². The first-order chi connectivity index (χ1) is 9.84. The van der Waals surface area contributed by atoms with E-state index >= 15 is 0 Å². The minimum absolute atomic E-state index is 0. The number of nitrogens with zero attached hydrogens (tertiary/aromatic N) is 2. The third-order valence-corrected chi connectivity index (χ3v) is 3.09. The van der Waals surface area contributed by atoms with E-state index < -0.39 is 12.7 Å². The molecule has 1 aliphatic rings. The molecular formula is C12H22F3IN4O2. The van der Waals surface area contributed by atoms with Crippen LogP contribution in [0.4, 0.5) is 13.2 Å². The predicted octanol–water partition coefficient (Wildman–Crippen LogP) is 0.969. The molecule has 1 unspecified atom stereocenters. The molecular weight excluding hydrogens is 416 g/mol. The van der Waals surface area contributed by atoms with Crippen molar-refractivity contribution in [3.05, 3.63) is 0 Å². The third-order valence-electron chi connectivity index (χ3n) is 3.09. The Kier molecular flexibility index (Phi) is 9.72. The van der Waals surface area contributed by atoms with Crippen molar-refractivity contribution in [3.8, 4) is 0 Å². The second kappa shape index (κ2) is 10.1. The van der Waals surface area contributed by atoms with Crippen LogP contribution in [0.1, 0.15) is 12.8 Å². The van der Waals surface area contributed by atoms with Gasteiger partial charge in [-0.15, -0.1) is 24.0 Å². The quantitative estimate of drug-likeness (QED) is 0.290. The van der Waals surface area contributed by atoms with E-state index in [4.69, 9.17) is 0 Å². The van der Waals surface area contributed by atoms with E-state index in [1.165, 1.54) is 12.0 Å². The Morgan fingerprint density at radius 3 is 2.68 bits per heavy atom. The molecule has 0 aromatic heterocycles. The number of hydrogen-bond donors (Lipinski definition) is 2. The normalized spacial score (nSPS) is 19.5. The van der Waals surface area contributed by atoms with E-state index in [2.05, 4.69) is 20.4 Å². The van der Waals surface area contributed by atoms with Gasteiger partial charge in [-0.05, 0) is 6.42 Å². The molecule has 6 nitrogen and oxygen atoms in total. The lowest BCUT2D eigenvalue weighted by Gasteiger charge is -2.19. The average Bonchev–Trinajstić information content (AvgIpc) is 2.82. The van der Waals surface area contributed by atoms with E-state index in [0.717, 1.165) is 0 Å². The van der Waals surface area contributed by atoms with Crippen LogP contribution in [-0.4, -0.2) is 69.4 Å². The summed E-state index contributed by atoms with van der Waals surface area (Å²) >= 11 is 0. The molecule has 1 aliphatic heterocycles. The Labute approximate surface area is 144 Å². The van der Waals surface area contributed by atoms with Gasteiger partial charge < -0.3 is 15.4 Å². The number of ether oxygens (including phenoxy) is 1. The van der Waals surface area contributed by atoms with Gasteiger partial charge in [-0.2, -0.15) is 13.2 Å². The summed E-state index contributed by atoms with van der Waals surface area (Å²) in [7, 11) is 2.87. The van der Waals surface area contributed by atoms with Crippen molar-refractivity contribution in [1.29, 1.82) is 0 Å². The molecule has 1 saturated heterocycles. The van der Waals surface area contributed by atoms with Crippen LogP contribution in [0.3, 0.4) is 0 Å². The smallest absolute Gasteiger partial charge is 0.401 e. The standard InChI is InChI=1S/C12H21F3N4O2.HI/c1-16-11(17-5-3-10(20)21-2)18-9-4-6-19(7-9)8-12(13,14)15;/h9H,3-8H2,1-2H3,(H2,16,17,18);1H. The zero-order valence-electron chi connectivity index (χ0n) is 12.6. The van der Waals surface area contributed by atoms with Gasteiger partial charge in [0.25, 0.3) is 0 Å². The largest absolute Gasteiger partial charge is 0.469 e. The highest BCUT2D eigenvalue weighted by Gasteiger charge is 2.34. The molecule has 0 spiro atoms. The number of hydrogen-bond acceptors (Lipinski definition) is 4. The van der Waals surface area contributed by atoms with Crippen molar-refractivity contribution in [3.63, 3.8) is 0 Å². The summed E-state index contributed by atoms with van der Waals surface area (Å²) < 4.78 is 41.4. The summed E-state index contributed by atoms with van der Waals surface area (Å²) in [5.74, 6) is 0.132. The van der Waals surface area contributed by atoms with Crippen LogP contribution in [0.15, 0.2) is 4.99 Å². The molecule has 10 heteroatoms. The minimum Gasteiger partial charge on any atom is -0.469 e. The highest BCUT2D eigenvalue weighted by Crippen LogP contribution is 2.19. The monoisotopic (exact) mass is 438 g/mol. The third kappa shape index (κ3) is 8.61. The summed E-state index contributed by atoms with van der Waals surface area (Å²) in [5, 5.41) is 5.97. The van der Waals surface area contributed by atoms with Crippen molar-refractivity contribution < 1.29 is 22.7 Å². The molecule has 1 atom stereocenters. The average molecular weight is 438 g/mol. The summed E-state index contributed by atoms with van der Waals surface area (Å²) in [5.41, 5.74) is 0. The SMILES string of the molecule is CN=C(NCCC(=O)OC)NC1CCN(CC(F)(F)F)C1.I. The number of alkyl halides is 3. The van der Waals surface area contributed by atoms with Crippen LogP contribution in [0.2, 0.25) is 0 Å². The first-order valence-electron chi connectivity index (χ1n) is 6.67. The van der Waals surface area contributed by atoms with Gasteiger partial charge in [0, 0.05) is 32.7 Å². The summed E-state index contributed by atoms with van der Waals surface area (Å²) in [6, 6.07) is -0.0864. The zero-order chi connectivity index (χ0) is 15.9. The molecule has 0 saturated carbocycles. The molecule has 0 aromatic rings. The van der Waals surface area contributed by atoms with Crippen LogP contribution in [0, 0.1) is 0 Å². The number of carbonyl (C=O) groups excluding carboxylic acids is 1. The molecule has 0 radical (unpaired) electrons. The minimum atomic E-state index is -4.17. The second-order valence-corrected chi connectivity index (χ2v) is 4.81. The number of nitrogens with one attached hydrogen (secondary N) is 2. The molecule has 0 aromatic carbocycles. The lowest BCUT2D eigenvalue weighted by atomic mass is 10.3. The molecule has 0 bridgehead atoms. The van der Waals surface area contributed by atoms with Crippen molar-refractivity contribution >= 4 is 35.9 Å². The molecule has 22 heavy (non-hydrogen) atoms. The molecule has 0 amide bonds. The Morgan fingerprint density at radius 1 is 1.45 bits per heavy atom. The van der Waals surface area contributed by atoms with Crippen LogP contribution < -0.4 is 10.6 Å². The first kappa shape index (κ1) is 21.2. The van der Waals surface area contributed by atoms with Gasteiger partial charge in [-0.25, -0.2) is 0 Å². The summed E-state index contributed by atoms with van der Waals surface area (Å²) in [4.78, 5) is 16.3. The predicted molar refractivity (Wildman–Crippen MR) is 87.4 cm³/mol. The molecule has 130 valence electrons. The van der Waals surface area contributed by atoms with Gasteiger partial charge in [-0.1, -0.05) is 0 Å². The van der Waals surface area contributed by atoms with Gasteiger partial charge >= 0.3 is 12.1 Å². The Bertz CT molecular complexity index is 380. The second-order valence-electron chi connectivity index (χ2n) is 4.81. The van der Waals surface area contributed by atoms with Crippen LogP contribution in [0.25, 0.3) is 0 Å².